The van der Waals surface area contributed by atoms with Crippen LogP contribution in [0, 0.1) is 0 Å². The number of benzene rings is 1. The summed E-state index contributed by atoms with van der Waals surface area (Å²) in [5.74, 6) is -2.95. The molecule has 0 aromatic heterocycles. The molecule has 2 rings (SSSR count). The van der Waals surface area contributed by atoms with E-state index >= 15 is 0 Å². The Morgan fingerprint density at radius 2 is 1.92 bits per heavy atom. The summed E-state index contributed by atoms with van der Waals surface area (Å²) in [7, 11) is 5.90. The molecule has 2 N–H and O–H groups in total. The van der Waals surface area contributed by atoms with Crippen molar-refractivity contribution in [3.05, 3.63) is 28.2 Å². The molecular weight excluding hydrogens is 396 g/mol. The summed E-state index contributed by atoms with van der Waals surface area (Å²) in [5, 5.41) is 14.8. The Hall–Kier alpha value is -2.13. The minimum atomic E-state index is -1.82. The van der Waals surface area contributed by atoms with Crippen molar-refractivity contribution in [3.63, 3.8) is 0 Å². The first-order valence-corrected chi connectivity index (χ1v) is 8.23. The fourth-order valence-electron chi connectivity index (χ4n) is 2.14. The molecule has 8 nitrogen and oxygen atoms in total. The number of amides is 1. The Morgan fingerprint density at radius 1 is 1.32 bits per heavy atom. The van der Waals surface area contributed by atoms with Crippen molar-refractivity contribution in [1.29, 1.82) is 0 Å². The van der Waals surface area contributed by atoms with Gasteiger partial charge in [-0.3, -0.25) is 4.79 Å². The molecule has 0 fully saturated rings. The number of likely N-dealkylation sites (N-methyl/N-ethyl adjacent to an activating group) is 1. The first-order valence-electron chi connectivity index (χ1n) is 7.44. The lowest BCUT2D eigenvalue weighted by Gasteiger charge is -2.22. The fourth-order valence-corrected chi connectivity index (χ4v) is 2.50. The van der Waals surface area contributed by atoms with Crippen molar-refractivity contribution in [2.24, 2.45) is 0 Å². The van der Waals surface area contributed by atoms with Gasteiger partial charge in [-0.25, -0.2) is 9.59 Å². The standard InChI is InChI=1S/C14H19BrN2O2.C2H2O4/c1-16(2)7-6-11-9-17(3)14(18)12-8-10(15)4-5-13(12)19-11;3-1(4)2(5)6/h4-5,8,11H,6-7,9H2,1-3H3;(H,3,4)(H,5,6). The van der Waals surface area contributed by atoms with Gasteiger partial charge < -0.3 is 24.7 Å². The van der Waals surface area contributed by atoms with E-state index in [0.717, 1.165) is 17.4 Å². The van der Waals surface area contributed by atoms with Gasteiger partial charge in [0.2, 0.25) is 0 Å². The molecule has 1 unspecified atom stereocenters. The Morgan fingerprint density at radius 3 is 2.44 bits per heavy atom. The number of hydrogen-bond donors (Lipinski definition) is 2. The maximum atomic E-state index is 12.3. The number of carbonyl (C=O) groups excluding carboxylic acids is 1. The summed E-state index contributed by atoms with van der Waals surface area (Å²) in [5.41, 5.74) is 0.629. The number of ether oxygens (including phenoxy) is 1. The van der Waals surface area contributed by atoms with E-state index in [2.05, 4.69) is 20.8 Å². The van der Waals surface area contributed by atoms with Gasteiger partial charge in [-0.05, 0) is 38.7 Å². The van der Waals surface area contributed by atoms with Crippen molar-refractivity contribution in [2.45, 2.75) is 12.5 Å². The summed E-state index contributed by atoms with van der Waals surface area (Å²) in [6.07, 6.45) is 0.943. The van der Waals surface area contributed by atoms with E-state index in [0.29, 0.717) is 17.9 Å². The molecule has 0 saturated carbocycles. The summed E-state index contributed by atoms with van der Waals surface area (Å²) in [4.78, 5) is 34.3. The Kier molecular flexibility index (Phi) is 7.85. The highest BCUT2D eigenvalue weighted by Crippen LogP contribution is 2.28. The molecule has 25 heavy (non-hydrogen) atoms. The summed E-state index contributed by atoms with van der Waals surface area (Å²) < 4.78 is 6.89. The minimum Gasteiger partial charge on any atom is -0.488 e. The molecule has 9 heteroatoms. The number of aliphatic carboxylic acids is 2. The minimum absolute atomic E-state index is 0.0173. The van der Waals surface area contributed by atoms with Crippen LogP contribution in [0.3, 0.4) is 0 Å². The summed E-state index contributed by atoms with van der Waals surface area (Å²) >= 11 is 3.40. The van der Waals surface area contributed by atoms with E-state index in [1.165, 1.54) is 0 Å². The van der Waals surface area contributed by atoms with Gasteiger partial charge in [0.25, 0.3) is 5.91 Å². The average Bonchev–Trinajstić information content (AvgIpc) is 2.64. The Balaban J connectivity index is 0.000000450. The number of carboxylic acid groups (broad SMARTS) is 2. The van der Waals surface area contributed by atoms with Gasteiger partial charge in [-0.15, -0.1) is 0 Å². The maximum Gasteiger partial charge on any atom is 0.414 e. The smallest absolute Gasteiger partial charge is 0.414 e. The second kappa shape index (κ2) is 9.38. The number of carbonyl (C=O) groups is 3. The molecule has 0 saturated heterocycles. The zero-order valence-electron chi connectivity index (χ0n) is 14.2. The zero-order chi connectivity index (χ0) is 19.1. The number of rotatable bonds is 3. The van der Waals surface area contributed by atoms with Crippen LogP contribution in [0.1, 0.15) is 16.8 Å². The van der Waals surface area contributed by atoms with E-state index in [1.807, 2.05) is 39.3 Å². The molecule has 0 bridgehead atoms. The van der Waals surface area contributed by atoms with Crippen LogP contribution < -0.4 is 4.74 Å². The molecule has 1 amide bonds. The predicted octanol–water partition coefficient (Wildman–Crippen LogP) is 1.39. The average molecular weight is 417 g/mol. The third-order valence-electron chi connectivity index (χ3n) is 3.37. The van der Waals surface area contributed by atoms with E-state index in [-0.39, 0.29) is 12.0 Å². The molecule has 1 aliphatic heterocycles. The topological polar surface area (TPSA) is 107 Å². The number of halogens is 1. The van der Waals surface area contributed by atoms with Gasteiger partial charge in [-0.2, -0.15) is 0 Å². The van der Waals surface area contributed by atoms with Gasteiger partial charge in [0, 0.05) is 18.1 Å². The third-order valence-corrected chi connectivity index (χ3v) is 3.86. The normalized spacial score (nSPS) is 16.3. The molecule has 0 spiro atoms. The molecule has 1 aromatic rings. The number of carboxylic acids is 2. The first-order chi connectivity index (χ1) is 11.6. The van der Waals surface area contributed by atoms with Crippen LogP contribution >= 0.6 is 15.9 Å². The van der Waals surface area contributed by atoms with Crippen molar-refractivity contribution < 1.29 is 29.3 Å². The van der Waals surface area contributed by atoms with Gasteiger partial charge in [0.1, 0.15) is 11.9 Å². The zero-order valence-corrected chi connectivity index (χ0v) is 15.8. The number of fused-ring (bicyclic) bond motifs is 1. The SMILES string of the molecule is CN(C)CCC1CN(C)C(=O)c2cc(Br)ccc2O1.O=C(O)C(=O)O. The highest BCUT2D eigenvalue weighted by molar-refractivity contribution is 9.10. The highest BCUT2D eigenvalue weighted by Gasteiger charge is 2.26. The van der Waals surface area contributed by atoms with E-state index < -0.39 is 11.9 Å². The Labute approximate surface area is 154 Å². The summed E-state index contributed by atoms with van der Waals surface area (Å²) in [6.45, 7) is 1.57. The van der Waals surface area contributed by atoms with Crippen LogP contribution in [0.25, 0.3) is 0 Å². The van der Waals surface area contributed by atoms with Crippen LogP contribution in [0.15, 0.2) is 22.7 Å². The van der Waals surface area contributed by atoms with Gasteiger partial charge >= 0.3 is 11.9 Å². The van der Waals surface area contributed by atoms with Crippen LogP contribution in [0.5, 0.6) is 5.75 Å². The highest BCUT2D eigenvalue weighted by atomic mass is 79.9. The van der Waals surface area contributed by atoms with Crippen molar-refractivity contribution in [2.75, 3.05) is 34.2 Å². The molecular formula is C16H21BrN2O6. The molecule has 0 radical (unpaired) electrons. The quantitative estimate of drug-likeness (QED) is 0.716. The van der Waals surface area contributed by atoms with Crippen LogP contribution in [-0.4, -0.2) is 78.2 Å². The fraction of sp³-hybridized carbons (Fsp3) is 0.438. The number of nitrogens with zero attached hydrogens (tertiary/aromatic N) is 2. The predicted molar refractivity (Wildman–Crippen MR) is 94.0 cm³/mol. The number of hydrogen-bond acceptors (Lipinski definition) is 5. The lowest BCUT2D eigenvalue weighted by atomic mass is 10.2. The Bertz CT molecular complexity index is 638. The molecule has 1 atom stereocenters. The van der Waals surface area contributed by atoms with E-state index in [4.69, 9.17) is 24.5 Å². The van der Waals surface area contributed by atoms with Crippen LogP contribution in [-0.2, 0) is 9.59 Å². The van der Waals surface area contributed by atoms with Gasteiger partial charge in [0.05, 0.1) is 12.1 Å². The largest absolute Gasteiger partial charge is 0.488 e. The van der Waals surface area contributed by atoms with Crippen molar-refractivity contribution in [3.8, 4) is 5.75 Å². The van der Waals surface area contributed by atoms with Crippen LogP contribution in [0.4, 0.5) is 0 Å². The molecule has 1 heterocycles. The molecule has 1 aliphatic rings. The van der Waals surface area contributed by atoms with Crippen LogP contribution in [0.2, 0.25) is 0 Å². The van der Waals surface area contributed by atoms with E-state index in [9.17, 15) is 4.79 Å². The third kappa shape index (κ3) is 6.71. The second-order valence-corrected chi connectivity index (χ2v) is 6.68. The monoisotopic (exact) mass is 416 g/mol. The lowest BCUT2D eigenvalue weighted by molar-refractivity contribution is -0.159. The molecule has 1 aromatic carbocycles. The second-order valence-electron chi connectivity index (χ2n) is 5.77. The van der Waals surface area contributed by atoms with Gasteiger partial charge in [0.15, 0.2) is 0 Å². The van der Waals surface area contributed by atoms with Gasteiger partial charge in [-0.1, -0.05) is 15.9 Å². The first kappa shape index (κ1) is 20.9. The maximum absolute atomic E-state index is 12.3. The summed E-state index contributed by atoms with van der Waals surface area (Å²) in [6, 6.07) is 5.59. The molecule has 138 valence electrons. The van der Waals surface area contributed by atoms with Crippen molar-refractivity contribution >= 4 is 33.8 Å². The van der Waals surface area contributed by atoms with Crippen molar-refractivity contribution in [1.82, 2.24) is 9.80 Å². The molecule has 0 aliphatic carbocycles. The van der Waals surface area contributed by atoms with E-state index in [1.54, 1.807) is 4.90 Å². The lowest BCUT2D eigenvalue weighted by Crippen LogP contribution is -2.35.